The summed E-state index contributed by atoms with van der Waals surface area (Å²) in [5.74, 6) is -1.26. The van der Waals surface area contributed by atoms with Crippen molar-refractivity contribution in [2.45, 2.75) is 0 Å². The Balaban J connectivity index is 2.28. The molecule has 1 heterocycles. The van der Waals surface area contributed by atoms with Crippen LogP contribution in [0.15, 0.2) is 30.5 Å². The maximum Gasteiger partial charge on any atom is 0.287 e. The number of nitrogens with zero attached hydrogens (tertiary/aromatic N) is 2. The number of ether oxygens (including phenoxy) is 1. The van der Waals surface area contributed by atoms with E-state index in [1.165, 1.54) is 13.2 Å². The van der Waals surface area contributed by atoms with Crippen molar-refractivity contribution in [2.24, 2.45) is 0 Å². The number of amides is 1. The standard InChI is InChI=1S/C13H9ClFN3O4/c1-22-13-10(5-8(15)6-16-13)17-12(19)7-2-3-11(18(20)21)9(14)4-7/h2-6H,1H3,(H,17,19). The summed E-state index contributed by atoms with van der Waals surface area (Å²) >= 11 is 5.74. The maximum absolute atomic E-state index is 13.2. The number of hydrogen-bond donors (Lipinski definition) is 1. The molecular weight excluding hydrogens is 317 g/mol. The zero-order chi connectivity index (χ0) is 16.3. The Morgan fingerprint density at radius 2 is 2.18 bits per heavy atom. The number of benzene rings is 1. The minimum absolute atomic E-state index is 0.0296. The Morgan fingerprint density at radius 1 is 1.45 bits per heavy atom. The highest BCUT2D eigenvalue weighted by molar-refractivity contribution is 6.33. The van der Waals surface area contributed by atoms with Crippen LogP contribution in [0.2, 0.25) is 5.02 Å². The van der Waals surface area contributed by atoms with Crippen LogP contribution in [0, 0.1) is 15.9 Å². The first kappa shape index (κ1) is 15.6. The van der Waals surface area contributed by atoms with Gasteiger partial charge in [-0.05, 0) is 12.1 Å². The van der Waals surface area contributed by atoms with Gasteiger partial charge in [-0.1, -0.05) is 11.6 Å². The molecule has 0 saturated heterocycles. The van der Waals surface area contributed by atoms with Gasteiger partial charge in [-0.25, -0.2) is 9.37 Å². The quantitative estimate of drug-likeness (QED) is 0.688. The van der Waals surface area contributed by atoms with Gasteiger partial charge in [0.2, 0.25) is 5.88 Å². The first-order valence-electron chi connectivity index (χ1n) is 5.87. The lowest BCUT2D eigenvalue weighted by atomic mass is 10.2. The zero-order valence-electron chi connectivity index (χ0n) is 11.2. The van der Waals surface area contributed by atoms with E-state index in [9.17, 15) is 19.3 Å². The lowest BCUT2D eigenvalue weighted by Gasteiger charge is -2.09. The predicted molar refractivity (Wildman–Crippen MR) is 76.8 cm³/mol. The fourth-order valence-electron chi connectivity index (χ4n) is 1.67. The minimum Gasteiger partial charge on any atom is -0.480 e. The summed E-state index contributed by atoms with van der Waals surface area (Å²) in [6.07, 6.45) is 0.942. The third kappa shape index (κ3) is 3.29. The monoisotopic (exact) mass is 325 g/mol. The van der Waals surface area contributed by atoms with Crippen LogP contribution in [0.5, 0.6) is 5.88 Å². The van der Waals surface area contributed by atoms with E-state index in [0.717, 1.165) is 24.4 Å². The van der Waals surface area contributed by atoms with Gasteiger partial charge in [0.15, 0.2) is 0 Å². The molecule has 1 N–H and O–H groups in total. The van der Waals surface area contributed by atoms with Gasteiger partial charge < -0.3 is 10.1 Å². The smallest absolute Gasteiger partial charge is 0.287 e. The molecule has 7 nitrogen and oxygen atoms in total. The normalized spacial score (nSPS) is 10.1. The Kier molecular flexibility index (Phi) is 4.52. The third-order valence-electron chi connectivity index (χ3n) is 2.67. The predicted octanol–water partition coefficient (Wildman–Crippen LogP) is 3.04. The molecule has 1 aromatic carbocycles. The Labute approximate surface area is 128 Å². The first-order valence-corrected chi connectivity index (χ1v) is 6.25. The lowest BCUT2D eigenvalue weighted by molar-refractivity contribution is -0.384. The molecule has 0 radical (unpaired) electrons. The number of nitrogens with one attached hydrogen (secondary N) is 1. The van der Waals surface area contributed by atoms with Crippen LogP contribution in [0.4, 0.5) is 15.8 Å². The molecule has 2 rings (SSSR count). The number of hydrogen-bond acceptors (Lipinski definition) is 5. The average molecular weight is 326 g/mol. The molecule has 9 heteroatoms. The number of anilines is 1. The molecule has 22 heavy (non-hydrogen) atoms. The summed E-state index contributed by atoms with van der Waals surface area (Å²) in [5.41, 5.74) is -0.216. The fraction of sp³-hybridized carbons (Fsp3) is 0.0769. The third-order valence-corrected chi connectivity index (χ3v) is 2.97. The van der Waals surface area contributed by atoms with Crippen molar-refractivity contribution in [3.63, 3.8) is 0 Å². The van der Waals surface area contributed by atoms with Crippen LogP contribution in [0.25, 0.3) is 0 Å². The van der Waals surface area contributed by atoms with E-state index in [2.05, 4.69) is 10.3 Å². The van der Waals surface area contributed by atoms with Gasteiger partial charge in [0.05, 0.1) is 18.2 Å². The molecule has 0 spiro atoms. The van der Waals surface area contributed by atoms with Crippen molar-refractivity contribution in [3.8, 4) is 5.88 Å². The van der Waals surface area contributed by atoms with E-state index >= 15 is 0 Å². The average Bonchev–Trinajstić information content (AvgIpc) is 2.47. The molecule has 114 valence electrons. The molecule has 0 unspecified atom stereocenters. The van der Waals surface area contributed by atoms with Gasteiger partial charge in [0, 0.05) is 17.7 Å². The summed E-state index contributed by atoms with van der Waals surface area (Å²) in [6.45, 7) is 0. The van der Waals surface area contributed by atoms with E-state index in [-0.39, 0.29) is 27.8 Å². The number of rotatable bonds is 4. The second-order valence-electron chi connectivity index (χ2n) is 4.09. The van der Waals surface area contributed by atoms with E-state index < -0.39 is 16.6 Å². The van der Waals surface area contributed by atoms with Crippen LogP contribution < -0.4 is 10.1 Å². The van der Waals surface area contributed by atoms with Gasteiger partial charge in [-0.2, -0.15) is 0 Å². The SMILES string of the molecule is COc1ncc(F)cc1NC(=O)c1ccc([N+](=O)[O-])c(Cl)c1. The molecule has 0 aliphatic heterocycles. The number of halogens is 2. The molecule has 0 saturated carbocycles. The van der Waals surface area contributed by atoms with E-state index in [0.29, 0.717) is 0 Å². The van der Waals surface area contributed by atoms with Crippen molar-refractivity contribution >= 4 is 28.9 Å². The second-order valence-corrected chi connectivity index (χ2v) is 4.49. The fourth-order valence-corrected chi connectivity index (χ4v) is 1.92. The molecule has 1 aromatic heterocycles. The van der Waals surface area contributed by atoms with Gasteiger partial charge >= 0.3 is 0 Å². The van der Waals surface area contributed by atoms with Crippen LogP contribution >= 0.6 is 11.6 Å². The summed E-state index contributed by atoms with van der Waals surface area (Å²) < 4.78 is 18.1. The van der Waals surface area contributed by atoms with Crippen molar-refractivity contribution in [3.05, 3.63) is 57.0 Å². The van der Waals surface area contributed by atoms with Gasteiger partial charge in [-0.15, -0.1) is 0 Å². The number of aromatic nitrogens is 1. The van der Waals surface area contributed by atoms with E-state index in [4.69, 9.17) is 16.3 Å². The zero-order valence-corrected chi connectivity index (χ0v) is 11.9. The highest BCUT2D eigenvalue weighted by Gasteiger charge is 2.17. The molecular formula is C13H9ClFN3O4. The van der Waals surface area contributed by atoms with Crippen molar-refractivity contribution < 1.29 is 18.8 Å². The molecule has 0 aliphatic rings. The van der Waals surface area contributed by atoms with Crippen LogP contribution in [0.1, 0.15) is 10.4 Å². The van der Waals surface area contributed by atoms with Gasteiger partial charge in [-0.3, -0.25) is 14.9 Å². The van der Waals surface area contributed by atoms with Crippen molar-refractivity contribution in [1.29, 1.82) is 0 Å². The summed E-state index contributed by atoms with van der Waals surface area (Å²) in [4.78, 5) is 25.8. The van der Waals surface area contributed by atoms with E-state index in [1.807, 2.05) is 0 Å². The Morgan fingerprint density at radius 3 is 2.77 bits per heavy atom. The number of methoxy groups -OCH3 is 1. The van der Waals surface area contributed by atoms with Crippen molar-refractivity contribution in [1.82, 2.24) is 4.98 Å². The molecule has 2 aromatic rings. The van der Waals surface area contributed by atoms with Gasteiger partial charge in [0.25, 0.3) is 11.6 Å². The topological polar surface area (TPSA) is 94.4 Å². The van der Waals surface area contributed by atoms with Crippen molar-refractivity contribution in [2.75, 3.05) is 12.4 Å². The minimum atomic E-state index is -0.663. The largest absolute Gasteiger partial charge is 0.480 e. The van der Waals surface area contributed by atoms with Crippen LogP contribution in [-0.4, -0.2) is 22.9 Å². The number of carbonyl (C=O) groups is 1. The second kappa shape index (κ2) is 6.35. The van der Waals surface area contributed by atoms with Crippen LogP contribution in [0.3, 0.4) is 0 Å². The molecule has 0 aliphatic carbocycles. The van der Waals surface area contributed by atoms with Gasteiger partial charge in [0.1, 0.15) is 16.5 Å². The maximum atomic E-state index is 13.2. The molecule has 0 bridgehead atoms. The lowest BCUT2D eigenvalue weighted by Crippen LogP contribution is -2.13. The first-order chi connectivity index (χ1) is 10.4. The number of nitro benzene ring substituents is 1. The number of nitro groups is 1. The number of carbonyl (C=O) groups excluding carboxylic acids is 1. The highest BCUT2D eigenvalue weighted by Crippen LogP contribution is 2.26. The molecule has 0 fully saturated rings. The molecule has 1 amide bonds. The van der Waals surface area contributed by atoms with E-state index in [1.54, 1.807) is 0 Å². The summed E-state index contributed by atoms with van der Waals surface area (Å²) in [7, 11) is 1.32. The Bertz CT molecular complexity index is 754. The summed E-state index contributed by atoms with van der Waals surface area (Å²) in [6, 6.07) is 4.53. The number of pyridine rings is 1. The highest BCUT2D eigenvalue weighted by atomic mass is 35.5. The Hall–Kier alpha value is -2.74. The summed E-state index contributed by atoms with van der Waals surface area (Å²) in [5, 5.41) is 12.9. The molecule has 0 atom stereocenters. The van der Waals surface area contributed by atoms with Crippen LogP contribution in [-0.2, 0) is 0 Å².